The quantitative estimate of drug-likeness (QED) is 0.422. The van der Waals surface area contributed by atoms with Gasteiger partial charge in [-0.15, -0.1) is 5.10 Å². The minimum atomic E-state index is -0.188. The number of nitrogens with zero attached hydrogens (tertiary/aromatic N) is 7. The second kappa shape index (κ2) is 8.47. The van der Waals surface area contributed by atoms with E-state index in [2.05, 4.69) is 35.9 Å². The predicted octanol–water partition coefficient (Wildman–Crippen LogP) is 3.38. The van der Waals surface area contributed by atoms with E-state index in [0.29, 0.717) is 16.9 Å². The van der Waals surface area contributed by atoms with Crippen LogP contribution in [0.4, 0.5) is 5.69 Å². The zero-order chi connectivity index (χ0) is 22.9. The first-order valence-electron chi connectivity index (χ1n) is 11.3. The Labute approximate surface area is 195 Å². The second-order valence-electron chi connectivity index (χ2n) is 8.33. The lowest BCUT2D eigenvalue weighted by Crippen LogP contribution is -2.39. The molecule has 10 heteroatoms. The molecule has 1 amide bonds. The highest BCUT2D eigenvalue weighted by molar-refractivity contribution is 6.04. The molecule has 0 saturated carbocycles. The molecule has 0 unspecified atom stereocenters. The molecule has 1 aliphatic rings. The average molecular weight is 454 g/mol. The summed E-state index contributed by atoms with van der Waals surface area (Å²) in [4.78, 5) is 14.5. The van der Waals surface area contributed by atoms with Gasteiger partial charge in [0.25, 0.3) is 5.91 Å². The number of aromatic amines is 1. The number of piperidine rings is 1. The number of amides is 1. The Kier molecular flexibility index (Phi) is 5.02. The molecule has 0 aliphatic carbocycles. The minimum Gasteiger partial charge on any atom is -0.319 e. The first-order valence-corrected chi connectivity index (χ1v) is 11.3. The van der Waals surface area contributed by atoms with Crippen molar-refractivity contribution in [3.63, 3.8) is 0 Å². The summed E-state index contributed by atoms with van der Waals surface area (Å²) in [5, 5.41) is 26.4. The number of anilines is 1. The van der Waals surface area contributed by atoms with Crippen LogP contribution in [0.5, 0.6) is 0 Å². The lowest BCUT2D eigenvalue weighted by Gasteiger charge is -2.27. The van der Waals surface area contributed by atoms with E-state index in [9.17, 15) is 4.79 Å². The summed E-state index contributed by atoms with van der Waals surface area (Å²) in [7, 11) is 0. The molecule has 4 heterocycles. The minimum absolute atomic E-state index is 0.188. The maximum absolute atomic E-state index is 12.7. The fourth-order valence-corrected chi connectivity index (χ4v) is 4.24. The van der Waals surface area contributed by atoms with Gasteiger partial charge in [-0.3, -0.25) is 14.9 Å². The Morgan fingerprint density at radius 1 is 0.971 bits per heavy atom. The largest absolute Gasteiger partial charge is 0.319 e. The number of aromatic nitrogens is 7. The first-order chi connectivity index (χ1) is 16.7. The molecule has 5 aromatic rings. The molecular formula is C24H23N9O. The molecule has 1 saturated heterocycles. The van der Waals surface area contributed by atoms with Crippen molar-refractivity contribution >= 4 is 22.5 Å². The fourth-order valence-electron chi connectivity index (χ4n) is 4.24. The van der Waals surface area contributed by atoms with Crippen molar-refractivity contribution in [1.82, 2.24) is 35.1 Å². The maximum atomic E-state index is 12.7. The normalized spacial score (nSPS) is 13.9. The van der Waals surface area contributed by atoms with Gasteiger partial charge in [-0.2, -0.15) is 15.0 Å². The molecular weight excluding hydrogens is 430 g/mol. The van der Waals surface area contributed by atoms with Crippen LogP contribution < -0.4 is 10.3 Å². The number of para-hydroxylation sites is 1. The average Bonchev–Trinajstić information content (AvgIpc) is 3.64. The number of carbonyl (C=O) groups excluding carboxylic acids is 1. The summed E-state index contributed by atoms with van der Waals surface area (Å²) >= 11 is 0. The molecule has 0 spiro atoms. The van der Waals surface area contributed by atoms with Crippen LogP contribution in [0.2, 0.25) is 0 Å². The lowest BCUT2D eigenvalue weighted by atomic mass is 10.2. The highest BCUT2D eigenvalue weighted by Gasteiger charge is 2.15. The molecule has 1 aliphatic heterocycles. The van der Waals surface area contributed by atoms with Gasteiger partial charge in [0.1, 0.15) is 11.4 Å². The summed E-state index contributed by atoms with van der Waals surface area (Å²) < 4.78 is 1.67. The van der Waals surface area contributed by atoms with Crippen molar-refractivity contribution in [2.24, 2.45) is 0 Å². The number of fused-ring (bicyclic) bond motifs is 1. The van der Waals surface area contributed by atoms with Crippen LogP contribution in [0.3, 0.4) is 0 Å². The topological polar surface area (TPSA) is 110 Å². The number of benzene rings is 2. The Hall–Kier alpha value is -4.47. The van der Waals surface area contributed by atoms with Crippen LogP contribution >= 0.6 is 0 Å². The number of hydrogen-bond acceptors (Lipinski definition) is 6. The summed E-state index contributed by atoms with van der Waals surface area (Å²) in [6.07, 6.45) is 8.95. The third-order valence-corrected chi connectivity index (χ3v) is 6.05. The first kappa shape index (κ1) is 20.2. The van der Waals surface area contributed by atoms with E-state index in [1.54, 1.807) is 23.0 Å². The molecule has 170 valence electrons. The summed E-state index contributed by atoms with van der Waals surface area (Å²) in [5.41, 5.74) is 4.39. The monoisotopic (exact) mass is 453 g/mol. The summed E-state index contributed by atoms with van der Waals surface area (Å²) in [6.45, 7) is 1.97. The van der Waals surface area contributed by atoms with Crippen LogP contribution in [0.1, 0.15) is 29.6 Å². The highest BCUT2D eigenvalue weighted by Crippen LogP contribution is 2.24. The molecule has 0 bridgehead atoms. The molecule has 0 radical (unpaired) electrons. The second-order valence-corrected chi connectivity index (χ2v) is 8.33. The van der Waals surface area contributed by atoms with Crippen LogP contribution in [0.15, 0.2) is 67.1 Å². The van der Waals surface area contributed by atoms with E-state index in [4.69, 9.17) is 0 Å². The van der Waals surface area contributed by atoms with Gasteiger partial charge in [-0.25, -0.2) is 4.68 Å². The molecule has 0 atom stereocenters. The van der Waals surface area contributed by atoms with Gasteiger partial charge in [0.2, 0.25) is 0 Å². The van der Waals surface area contributed by atoms with E-state index < -0.39 is 0 Å². The van der Waals surface area contributed by atoms with E-state index in [-0.39, 0.29) is 5.91 Å². The lowest BCUT2D eigenvalue weighted by molar-refractivity contribution is 0.102. The third-order valence-electron chi connectivity index (χ3n) is 6.05. The van der Waals surface area contributed by atoms with Crippen LogP contribution in [-0.4, -0.2) is 54.1 Å². The number of nitrogens with one attached hydrogen (secondary N) is 2. The number of hydrogen-bond donors (Lipinski definition) is 2. The molecule has 1 fully saturated rings. The number of carbonyl (C=O) groups is 1. The van der Waals surface area contributed by atoms with Crippen molar-refractivity contribution in [2.75, 3.05) is 23.4 Å². The highest BCUT2D eigenvalue weighted by atomic mass is 16.1. The van der Waals surface area contributed by atoms with Crippen LogP contribution in [0, 0.1) is 0 Å². The molecule has 3 aromatic heterocycles. The fraction of sp³-hybridized carbons (Fsp3) is 0.208. The van der Waals surface area contributed by atoms with Gasteiger partial charge in [-0.05, 0) is 49.6 Å². The van der Waals surface area contributed by atoms with E-state index in [1.807, 2.05) is 53.6 Å². The van der Waals surface area contributed by atoms with Gasteiger partial charge in [-0.1, -0.05) is 23.4 Å². The Balaban J connectivity index is 1.15. The molecule has 10 nitrogen and oxygen atoms in total. The summed E-state index contributed by atoms with van der Waals surface area (Å²) in [6, 6.07) is 15.1. The smallest absolute Gasteiger partial charge is 0.255 e. The van der Waals surface area contributed by atoms with Crippen molar-refractivity contribution in [3.8, 4) is 17.1 Å². The summed E-state index contributed by atoms with van der Waals surface area (Å²) in [5.74, 6) is -0.188. The van der Waals surface area contributed by atoms with E-state index in [1.165, 1.54) is 19.3 Å². The Morgan fingerprint density at radius 2 is 1.79 bits per heavy atom. The Morgan fingerprint density at radius 3 is 2.65 bits per heavy atom. The number of H-pyrrole nitrogens is 1. The van der Waals surface area contributed by atoms with Crippen molar-refractivity contribution in [3.05, 3.63) is 72.7 Å². The van der Waals surface area contributed by atoms with Crippen molar-refractivity contribution in [2.45, 2.75) is 19.3 Å². The van der Waals surface area contributed by atoms with Gasteiger partial charge in [0, 0.05) is 24.0 Å². The molecule has 6 rings (SSSR count). The van der Waals surface area contributed by atoms with Gasteiger partial charge >= 0.3 is 0 Å². The van der Waals surface area contributed by atoms with Crippen LogP contribution in [-0.2, 0) is 0 Å². The number of rotatable bonds is 5. The van der Waals surface area contributed by atoms with E-state index in [0.717, 1.165) is 35.4 Å². The van der Waals surface area contributed by atoms with Crippen molar-refractivity contribution in [1.29, 1.82) is 0 Å². The van der Waals surface area contributed by atoms with E-state index >= 15 is 0 Å². The van der Waals surface area contributed by atoms with Gasteiger partial charge in [0.15, 0.2) is 0 Å². The van der Waals surface area contributed by atoms with Gasteiger partial charge < -0.3 is 5.32 Å². The van der Waals surface area contributed by atoms with Gasteiger partial charge in [0.05, 0.1) is 35.5 Å². The van der Waals surface area contributed by atoms with Crippen molar-refractivity contribution < 1.29 is 4.79 Å². The standard InChI is InChI=1S/C24H23N9O/c34-24(26-18-14-25-33(15-18)31-12-4-1-5-13-31)17-8-10-19(11-9-17)32-16-22(28-30-32)23-20-6-2-3-7-21(20)27-29-23/h2-3,6-11,14-16H,1,4-5,12-13H2,(H,26,34)(H,27,29). The molecule has 2 N–H and O–H groups in total. The molecule has 34 heavy (non-hydrogen) atoms. The Bertz CT molecular complexity index is 1440. The molecule has 2 aromatic carbocycles. The predicted molar refractivity (Wildman–Crippen MR) is 128 cm³/mol. The zero-order valence-electron chi connectivity index (χ0n) is 18.4. The maximum Gasteiger partial charge on any atom is 0.255 e. The third kappa shape index (κ3) is 3.79. The van der Waals surface area contributed by atoms with Crippen LogP contribution in [0.25, 0.3) is 28.0 Å². The SMILES string of the molecule is O=C(Nc1cnn(N2CCCCC2)c1)c1ccc(-n2cc(-c3n[nH]c4ccccc34)nn2)cc1. The zero-order valence-corrected chi connectivity index (χ0v) is 18.4.